The first-order valence-electron chi connectivity index (χ1n) is 7.61. The Hall–Kier alpha value is -2.93. The molecule has 0 aliphatic heterocycles. The van der Waals surface area contributed by atoms with Crippen LogP contribution in [0.1, 0.15) is 21.6 Å². The molecule has 3 aromatic rings. The number of rotatable bonds is 4. The minimum atomic E-state index is -3.72. The number of carbonyl (C=O) groups is 1. The highest BCUT2D eigenvalue weighted by Crippen LogP contribution is 2.22. The van der Waals surface area contributed by atoms with Gasteiger partial charge in [0.25, 0.3) is 15.9 Å². The van der Waals surface area contributed by atoms with E-state index in [1.54, 1.807) is 37.3 Å². The standard InChI is InChI=1S/C18H17N3O3S/c1-13-6-7-14(2)17(11-13)25(23,24)21-10-8-15(12-21)20-18(22)16-5-3-4-9-19-16/h3-12H,1-2H3,(H,20,22). The van der Waals surface area contributed by atoms with Gasteiger partial charge in [-0.1, -0.05) is 18.2 Å². The summed E-state index contributed by atoms with van der Waals surface area (Å²) < 4.78 is 26.7. The van der Waals surface area contributed by atoms with E-state index in [2.05, 4.69) is 10.3 Å². The van der Waals surface area contributed by atoms with E-state index < -0.39 is 15.9 Å². The second-order valence-corrected chi connectivity index (χ2v) is 7.48. The minimum Gasteiger partial charge on any atom is -0.319 e. The average Bonchev–Trinajstić information content (AvgIpc) is 3.07. The lowest BCUT2D eigenvalue weighted by molar-refractivity contribution is 0.102. The number of benzene rings is 1. The number of pyridine rings is 1. The van der Waals surface area contributed by atoms with Gasteiger partial charge in [0.1, 0.15) is 5.69 Å². The molecular weight excluding hydrogens is 338 g/mol. The van der Waals surface area contributed by atoms with Gasteiger partial charge in [-0.15, -0.1) is 0 Å². The maximum Gasteiger partial charge on any atom is 0.274 e. The number of amides is 1. The molecule has 0 fully saturated rings. The molecule has 1 N–H and O–H groups in total. The second-order valence-electron chi connectivity index (χ2n) is 5.67. The largest absolute Gasteiger partial charge is 0.319 e. The first-order valence-corrected chi connectivity index (χ1v) is 9.05. The van der Waals surface area contributed by atoms with Gasteiger partial charge >= 0.3 is 0 Å². The Labute approximate surface area is 146 Å². The van der Waals surface area contributed by atoms with Gasteiger partial charge in [0.05, 0.1) is 10.6 Å². The van der Waals surface area contributed by atoms with Crippen molar-refractivity contribution in [1.29, 1.82) is 0 Å². The van der Waals surface area contributed by atoms with Crippen molar-refractivity contribution in [3.05, 3.63) is 77.9 Å². The molecule has 3 rings (SSSR count). The molecular formula is C18H17N3O3S. The van der Waals surface area contributed by atoms with Crippen molar-refractivity contribution in [2.24, 2.45) is 0 Å². The fraction of sp³-hybridized carbons (Fsp3) is 0.111. The molecule has 2 aromatic heterocycles. The van der Waals surface area contributed by atoms with E-state index in [0.29, 0.717) is 11.3 Å². The highest BCUT2D eigenvalue weighted by Gasteiger charge is 2.20. The van der Waals surface area contributed by atoms with Gasteiger partial charge in [0.2, 0.25) is 0 Å². The summed E-state index contributed by atoms with van der Waals surface area (Å²) in [6.07, 6.45) is 4.30. The van der Waals surface area contributed by atoms with Crippen LogP contribution in [0.5, 0.6) is 0 Å². The normalized spacial score (nSPS) is 11.3. The summed E-state index contributed by atoms with van der Waals surface area (Å²) in [5.74, 6) is -0.400. The maximum atomic E-state index is 12.8. The molecule has 0 radical (unpaired) electrons. The van der Waals surface area contributed by atoms with Gasteiger partial charge in [0, 0.05) is 18.6 Å². The molecule has 0 atom stereocenters. The van der Waals surface area contributed by atoms with Crippen LogP contribution in [0.3, 0.4) is 0 Å². The van der Waals surface area contributed by atoms with E-state index in [1.165, 1.54) is 24.7 Å². The molecule has 0 aliphatic carbocycles. The molecule has 2 heterocycles. The van der Waals surface area contributed by atoms with Gasteiger partial charge < -0.3 is 5.32 Å². The highest BCUT2D eigenvalue weighted by atomic mass is 32.2. The number of carbonyl (C=O) groups excluding carboxylic acids is 1. The third kappa shape index (κ3) is 3.46. The van der Waals surface area contributed by atoms with Crippen molar-refractivity contribution in [2.45, 2.75) is 18.7 Å². The Bertz CT molecular complexity index is 1020. The summed E-state index contributed by atoms with van der Waals surface area (Å²) in [7, 11) is -3.72. The van der Waals surface area contributed by atoms with Gasteiger partial charge in [0.15, 0.2) is 0 Å². The van der Waals surface area contributed by atoms with Crippen molar-refractivity contribution in [3.8, 4) is 0 Å². The highest BCUT2D eigenvalue weighted by molar-refractivity contribution is 7.90. The zero-order valence-electron chi connectivity index (χ0n) is 13.8. The van der Waals surface area contributed by atoms with Gasteiger partial charge in [-0.3, -0.25) is 9.78 Å². The smallest absolute Gasteiger partial charge is 0.274 e. The molecule has 1 amide bonds. The summed E-state index contributed by atoms with van der Waals surface area (Å²) in [5, 5.41) is 2.64. The monoisotopic (exact) mass is 355 g/mol. The Morgan fingerprint density at radius 2 is 1.92 bits per heavy atom. The molecule has 0 aliphatic rings. The van der Waals surface area contributed by atoms with E-state index in [0.717, 1.165) is 9.54 Å². The molecule has 7 heteroatoms. The first kappa shape index (κ1) is 16.9. The van der Waals surface area contributed by atoms with Crippen LogP contribution in [0.15, 0.2) is 66.0 Å². The zero-order chi connectivity index (χ0) is 18.0. The molecule has 1 aromatic carbocycles. The Kier molecular flexibility index (Phi) is 4.41. The lowest BCUT2D eigenvalue weighted by Crippen LogP contribution is -2.14. The van der Waals surface area contributed by atoms with Crippen LogP contribution in [0.2, 0.25) is 0 Å². The lowest BCUT2D eigenvalue weighted by atomic mass is 10.2. The van der Waals surface area contributed by atoms with E-state index in [1.807, 2.05) is 13.0 Å². The van der Waals surface area contributed by atoms with Crippen LogP contribution in [0.4, 0.5) is 5.69 Å². The van der Waals surface area contributed by atoms with Gasteiger partial charge in [-0.25, -0.2) is 12.4 Å². The van der Waals surface area contributed by atoms with E-state index in [9.17, 15) is 13.2 Å². The topological polar surface area (TPSA) is 81.1 Å². The van der Waals surface area contributed by atoms with Crippen LogP contribution < -0.4 is 5.32 Å². The van der Waals surface area contributed by atoms with E-state index >= 15 is 0 Å². The Morgan fingerprint density at radius 1 is 1.12 bits per heavy atom. The number of aryl methyl sites for hydroxylation is 2. The molecule has 128 valence electrons. The molecule has 0 spiro atoms. The van der Waals surface area contributed by atoms with Crippen LogP contribution in [-0.2, 0) is 10.0 Å². The van der Waals surface area contributed by atoms with Crippen molar-refractivity contribution in [2.75, 3.05) is 5.32 Å². The first-order chi connectivity index (χ1) is 11.9. The fourth-order valence-corrected chi connectivity index (χ4v) is 3.90. The van der Waals surface area contributed by atoms with E-state index in [4.69, 9.17) is 0 Å². The number of hydrogen-bond acceptors (Lipinski definition) is 4. The summed E-state index contributed by atoms with van der Waals surface area (Å²) in [6, 6.07) is 11.8. The zero-order valence-corrected chi connectivity index (χ0v) is 14.6. The van der Waals surface area contributed by atoms with Gasteiger partial charge in [-0.05, 0) is 49.2 Å². The maximum absolute atomic E-state index is 12.8. The minimum absolute atomic E-state index is 0.241. The number of nitrogens with zero attached hydrogens (tertiary/aromatic N) is 2. The SMILES string of the molecule is Cc1ccc(C)c(S(=O)(=O)n2ccc(NC(=O)c3ccccn3)c2)c1. The number of nitrogens with one attached hydrogen (secondary N) is 1. The summed E-state index contributed by atoms with van der Waals surface area (Å²) in [4.78, 5) is 16.3. The van der Waals surface area contributed by atoms with Gasteiger partial charge in [-0.2, -0.15) is 0 Å². The molecule has 0 bridgehead atoms. The third-order valence-electron chi connectivity index (χ3n) is 3.72. The summed E-state index contributed by atoms with van der Waals surface area (Å²) in [5.41, 5.74) is 2.16. The van der Waals surface area contributed by atoms with Crippen LogP contribution in [0.25, 0.3) is 0 Å². The quantitative estimate of drug-likeness (QED) is 0.780. The van der Waals surface area contributed by atoms with E-state index in [-0.39, 0.29) is 10.6 Å². The molecule has 6 nitrogen and oxygen atoms in total. The summed E-state index contributed by atoms with van der Waals surface area (Å²) >= 11 is 0. The molecule has 0 saturated heterocycles. The average molecular weight is 355 g/mol. The summed E-state index contributed by atoms with van der Waals surface area (Å²) in [6.45, 7) is 3.59. The second kappa shape index (κ2) is 6.52. The van der Waals surface area contributed by atoms with Crippen LogP contribution in [0, 0.1) is 13.8 Å². The number of hydrogen-bond donors (Lipinski definition) is 1. The number of aromatic nitrogens is 2. The van der Waals surface area contributed by atoms with Crippen molar-refractivity contribution in [1.82, 2.24) is 8.96 Å². The predicted octanol–water partition coefficient (Wildman–Crippen LogP) is 2.99. The third-order valence-corrected chi connectivity index (χ3v) is 5.50. The Balaban J connectivity index is 1.88. The molecule has 25 heavy (non-hydrogen) atoms. The predicted molar refractivity (Wildman–Crippen MR) is 95.1 cm³/mol. The molecule has 0 saturated carbocycles. The molecule has 0 unspecified atom stereocenters. The Morgan fingerprint density at radius 3 is 2.64 bits per heavy atom. The number of anilines is 1. The van der Waals surface area contributed by atoms with Crippen molar-refractivity contribution < 1.29 is 13.2 Å². The van der Waals surface area contributed by atoms with Crippen LogP contribution >= 0.6 is 0 Å². The van der Waals surface area contributed by atoms with Crippen molar-refractivity contribution >= 4 is 21.6 Å². The fourth-order valence-electron chi connectivity index (χ4n) is 2.39. The van der Waals surface area contributed by atoms with Crippen LogP contribution in [-0.4, -0.2) is 23.3 Å². The lowest BCUT2D eigenvalue weighted by Gasteiger charge is -2.09. The van der Waals surface area contributed by atoms with Crippen molar-refractivity contribution in [3.63, 3.8) is 0 Å².